The highest BCUT2D eigenvalue weighted by Gasteiger charge is 2.30. The van der Waals surface area contributed by atoms with Gasteiger partial charge in [-0.05, 0) is 13.8 Å². The van der Waals surface area contributed by atoms with Crippen LogP contribution in [0.5, 0.6) is 0 Å². The molecule has 0 fully saturated rings. The molecule has 0 radical (unpaired) electrons. The fourth-order valence-electron chi connectivity index (χ4n) is 2.81. The number of rotatable bonds is 4. The highest BCUT2D eigenvalue weighted by molar-refractivity contribution is 5.24. The maximum Gasteiger partial charge on any atom is 0.112 e. The molecule has 1 N–H and O–H groups in total. The molecular weight excluding hydrogens is 226 g/mol. The quantitative estimate of drug-likeness (QED) is 0.890. The van der Waals surface area contributed by atoms with Gasteiger partial charge in [-0.2, -0.15) is 0 Å². The number of imidazole rings is 1. The second-order valence-electron chi connectivity index (χ2n) is 6.03. The molecule has 0 aliphatic carbocycles. The van der Waals surface area contributed by atoms with Crippen LogP contribution in [-0.2, 0) is 23.2 Å². The Morgan fingerprint density at radius 3 is 2.78 bits per heavy atom. The summed E-state index contributed by atoms with van der Waals surface area (Å²) in [4.78, 5) is 4.84. The van der Waals surface area contributed by atoms with E-state index in [0.29, 0.717) is 12.5 Å². The van der Waals surface area contributed by atoms with Crippen LogP contribution < -0.4 is 5.32 Å². The molecule has 0 saturated carbocycles. The standard InChI is InChI=1S/C14H25N3O/c1-10(2)13-16-11-8-15-7-6-12(11)17(13)14(3,4)9-18-5/h10,15H,6-9H2,1-5H3. The van der Waals surface area contributed by atoms with Crippen molar-refractivity contribution < 1.29 is 4.74 Å². The van der Waals surface area contributed by atoms with E-state index in [9.17, 15) is 0 Å². The van der Waals surface area contributed by atoms with E-state index >= 15 is 0 Å². The van der Waals surface area contributed by atoms with Gasteiger partial charge >= 0.3 is 0 Å². The molecule has 102 valence electrons. The normalized spacial score (nSPS) is 16.1. The summed E-state index contributed by atoms with van der Waals surface area (Å²) in [6.45, 7) is 11.5. The van der Waals surface area contributed by atoms with Gasteiger partial charge < -0.3 is 14.6 Å². The van der Waals surface area contributed by atoms with E-state index in [-0.39, 0.29) is 5.54 Å². The minimum atomic E-state index is -0.0354. The van der Waals surface area contributed by atoms with Gasteiger partial charge in [-0.15, -0.1) is 0 Å². The molecule has 4 nitrogen and oxygen atoms in total. The smallest absolute Gasteiger partial charge is 0.112 e. The van der Waals surface area contributed by atoms with Crippen molar-refractivity contribution in [1.29, 1.82) is 0 Å². The summed E-state index contributed by atoms with van der Waals surface area (Å²) in [6.07, 6.45) is 1.06. The van der Waals surface area contributed by atoms with Gasteiger partial charge in [0.1, 0.15) is 5.82 Å². The highest BCUT2D eigenvalue weighted by Crippen LogP contribution is 2.29. The first-order chi connectivity index (χ1) is 8.47. The molecule has 18 heavy (non-hydrogen) atoms. The van der Waals surface area contributed by atoms with Crippen LogP contribution >= 0.6 is 0 Å². The van der Waals surface area contributed by atoms with Gasteiger partial charge in [0, 0.05) is 38.2 Å². The third-order valence-corrected chi connectivity index (χ3v) is 3.53. The van der Waals surface area contributed by atoms with Crippen molar-refractivity contribution in [3.8, 4) is 0 Å². The van der Waals surface area contributed by atoms with Crippen molar-refractivity contribution in [1.82, 2.24) is 14.9 Å². The Kier molecular flexibility index (Phi) is 3.78. The van der Waals surface area contributed by atoms with Crippen molar-refractivity contribution in [3.63, 3.8) is 0 Å². The fraction of sp³-hybridized carbons (Fsp3) is 0.786. The molecule has 1 aliphatic rings. The first-order valence-corrected chi connectivity index (χ1v) is 6.78. The number of methoxy groups -OCH3 is 1. The number of hydrogen-bond donors (Lipinski definition) is 1. The lowest BCUT2D eigenvalue weighted by Gasteiger charge is -2.31. The Morgan fingerprint density at radius 1 is 1.44 bits per heavy atom. The zero-order valence-corrected chi connectivity index (χ0v) is 12.2. The summed E-state index contributed by atoms with van der Waals surface area (Å²) in [7, 11) is 1.77. The molecule has 0 amide bonds. The van der Waals surface area contributed by atoms with Gasteiger partial charge in [-0.25, -0.2) is 4.98 Å². The zero-order chi connectivity index (χ0) is 13.3. The molecule has 0 unspecified atom stereocenters. The fourth-order valence-corrected chi connectivity index (χ4v) is 2.81. The average Bonchev–Trinajstić information content (AvgIpc) is 2.68. The van der Waals surface area contributed by atoms with Gasteiger partial charge in [-0.1, -0.05) is 13.8 Å². The average molecular weight is 251 g/mol. The largest absolute Gasteiger partial charge is 0.382 e. The van der Waals surface area contributed by atoms with E-state index < -0.39 is 0 Å². The minimum absolute atomic E-state index is 0.0354. The predicted octanol–water partition coefficient (Wildman–Crippen LogP) is 2.03. The minimum Gasteiger partial charge on any atom is -0.382 e. The van der Waals surface area contributed by atoms with Crippen LogP contribution in [-0.4, -0.2) is 29.8 Å². The first-order valence-electron chi connectivity index (χ1n) is 6.78. The summed E-state index contributed by atoms with van der Waals surface area (Å²) >= 11 is 0. The topological polar surface area (TPSA) is 39.1 Å². The van der Waals surface area contributed by atoms with E-state index in [4.69, 9.17) is 9.72 Å². The lowest BCUT2D eigenvalue weighted by molar-refractivity contribution is 0.105. The summed E-state index contributed by atoms with van der Waals surface area (Å²) in [6, 6.07) is 0. The molecule has 0 aromatic carbocycles. The van der Waals surface area contributed by atoms with Crippen LogP contribution in [0.25, 0.3) is 0 Å². The van der Waals surface area contributed by atoms with E-state index in [1.54, 1.807) is 7.11 Å². The first kappa shape index (κ1) is 13.6. The Bertz CT molecular complexity index is 421. The lowest BCUT2D eigenvalue weighted by Crippen LogP contribution is -2.36. The molecule has 0 spiro atoms. The number of nitrogens with zero attached hydrogens (tertiary/aromatic N) is 2. The van der Waals surface area contributed by atoms with Gasteiger partial charge in [-0.3, -0.25) is 0 Å². The van der Waals surface area contributed by atoms with Crippen LogP contribution in [0.15, 0.2) is 0 Å². The third kappa shape index (κ3) is 2.31. The monoisotopic (exact) mass is 251 g/mol. The van der Waals surface area contributed by atoms with Crippen LogP contribution in [0, 0.1) is 0 Å². The molecule has 1 aromatic heterocycles. The molecule has 2 rings (SSSR count). The second-order valence-corrected chi connectivity index (χ2v) is 6.03. The van der Waals surface area contributed by atoms with Crippen molar-refractivity contribution in [2.75, 3.05) is 20.3 Å². The van der Waals surface area contributed by atoms with Crippen molar-refractivity contribution in [2.45, 2.75) is 52.1 Å². The Morgan fingerprint density at radius 2 is 2.17 bits per heavy atom. The second kappa shape index (κ2) is 5.02. The third-order valence-electron chi connectivity index (χ3n) is 3.53. The van der Waals surface area contributed by atoms with E-state index in [1.807, 2.05) is 0 Å². The molecule has 0 saturated heterocycles. The van der Waals surface area contributed by atoms with E-state index in [2.05, 4.69) is 37.6 Å². The Balaban J connectivity index is 2.52. The van der Waals surface area contributed by atoms with Crippen molar-refractivity contribution >= 4 is 0 Å². The molecular formula is C14H25N3O. The molecule has 1 aliphatic heterocycles. The number of aromatic nitrogens is 2. The Hall–Kier alpha value is -0.870. The number of ether oxygens (including phenoxy) is 1. The van der Waals surface area contributed by atoms with E-state index in [1.165, 1.54) is 17.2 Å². The summed E-state index contributed by atoms with van der Waals surface area (Å²) in [5.41, 5.74) is 2.57. The van der Waals surface area contributed by atoms with Crippen LogP contribution in [0.2, 0.25) is 0 Å². The highest BCUT2D eigenvalue weighted by atomic mass is 16.5. The van der Waals surface area contributed by atoms with E-state index in [0.717, 1.165) is 19.5 Å². The number of hydrogen-bond acceptors (Lipinski definition) is 3. The lowest BCUT2D eigenvalue weighted by atomic mass is 10.0. The summed E-state index contributed by atoms with van der Waals surface area (Å²) in [5, 5.41) is 3.40. The zero-order valence-electron chi connectivity index (χ0n) is 12.2. The van der Waals surface area contributed by atoms with Gasteiger partial charge in [0.15, 0.2) is 0 Å². The van der Waals surface area contributed by atoms with Gasteiger partial charge in [0.25, 0.3) is 0 Å². The maximum atomic E-state index is 5.39. The summed E-state index contributed by atoms with van der Waals surface area (Å²) < 4.78 is 7.81. The Labute approximate surface area is 110 Å². The predicted molar refractivity (Wildman–Crippen MR) is 72.9 cm³/mol. The maximum absolute atomic E-state index is 5.39. The molecule has 4 heteroatoms. The molecule has 2 heterocycles. The van der Waals surface area contributed by atoms with Crippen molar-refractivity contribution in [2.24, 2.45) is 0 Å². The van der Waals surface area contributed by atoms with Gasteiger partial charge in [0.05, 0.1) is 17.8 Å². The number of nitrogens with one attached hydrogen (secondary N) is 1. The van der Waals surface area contributed by atoms with Crippen molar-refractivity contribution in [3.05, 3.63) is 17.2 Å². The van der Waals surface area contributed by atoms with Crippen LogP contribution in [0.3, 0.4) is 0 Å². The molecule has 0 atom stereocenters. The van der Waals surface area contributed by atoms with Crippen LogP contribution in [0.4, 0.5) is 0 Å². The summed E-state index contributed by atoms with van der Waals surface area (Å²) in [5.74, 6) is 1.62. The molecule has 1 aromatic rings. The molecule has 0 bridgehead atoms. The SMILES string of the molecule is COCC(C)(C)n1c(C(C)C)nc2c1CCNC2. The number of fused-ring (bicyclic) bond motifs is 1. The van der Waals surface area contributed by atoms with Gasteiger partial charge in [0.2, 0.25) is 0 Å². The van der Waals surface area contributed by atoms with Crippen LogP contribution in [0.1, 0.15) is 50.8 Å².